The van der Waals surface area contributed by atoms with Crippen LogP contribution in [0.1, 0.15) is 5.56 Å². The summed E-state index contributed by atoms with van der Waals surface area (Å²) in [6.45, 7) is 0. The molecule has 1 heterocycles. The van der Waals surface area contributed by atoms with Crippen molar-refractivity contribution in [2.45, 2.75) is 12.5 Å². The molecule has 1 amide bonds. The highest BCUT2D eigenvalue weighted by molar-refractivity contribution is 5.95. The van der Waals surface area contributed by atoms with Crippen molar-refractivity contribution in [3.8, 4) is 11.3 Å². The van der Waals surface area contributed by atoms with Crippen LogP contribution in [0.5, 0.6) is 0 Å². The van der Waals surface area contributed by atoms with Crippen LogP contribution in [0.25, 0.3) is 11.3 Å². The van der Waals surface area contributed by atoms with Crippen LogP contribution >= 0.6 is 0 Å². The molecular formula is C20H21N3O2. The predicted octanol–water partition coefficient (Wildman–Crippen LogP) is 3.45. The Kier molecular flexibility index (Phi) is 5.26. The first-order chi connectivity index (χ1) is 12.1. The maximum absolute atomic E-state index is 12.8. The van der Waals surface area contributed by atoms with Crippen molar-refractivity contribution in [2.75, 3.05) is 19.4 Å². The zero-order chi connectivity index (χ0) is 17.6. The summed E-state index contributed by atoms with van der Waals surface area (Å²) in [4.78, 5) is 18.6. The molecule has 0 aliphatic carbocycles. The number of hydrogen-bond donors (Lipinski definition) is 1. The molecule has 128 valence electrons. The fourth-order valence-corrected chi connectivity index (χ4v) is 2.68. The van der Waals surface area contributed by atoms with Gasteiger partial charge in [0.15, 0.2) is 12.2 Å². The van der Waals surface area contributed by atoms with Crippen LogP contribution in [0.3, 0.4) is 0 Å². The number of carbonyl (C=O) groups is 1. The molecule has 0 unspecified atom stereocenters. The molecule has 0 spiro atoms. The lowest BCUT2D eigenvalue weighted by Gasteiger charge is -2.23. The monoisotopic (exact) mass is 335 g/mol. The van der Waals surface area contributed by atoms with Gasteiger partial charge in [-0.3, -0.25) is 9.69 Å². The number of carbonyl (C=O) groups excluding carboxylic acids is 1. The molecule has 0 aliphatic rings. The Morgan fingerprint density at radius 1 is 1.16 bits per heavy atom. The normalized spacial score (nSPS) is 12.1. The summed E-state index contributed by atoms with van der Waals surface area (Å²) in [5.74, 6) is 0.633. The molecule has 0 bridgehead atoms. The Labute approximate surface area is 147 Å². The molecule has 0 aliphatic heterocycles. The van der Waals surface area contributed by atoms with E-state index >= 15 is 0 Å². The highest BCUT2D eigenvalue weighted by Crippen LogP contribution is 2.22. The van der Waals surface area contributed by atoms with Gasteiger partial charge >= 0.3 is 0 Å². The fourth-order valence-electron chi connectivity index (χ4n) is 2.68. The van der Waals surface area contributed by atoms with E-state index in [9.17, 15) is 4.79 Å². The van der Waals surface area contributed by atoms with E-state index in [1.807, 2.05) is 73.6 Å². The molecule has 3 aromatic rings. The van der Waals surface area contributed by atoms with E-state index in [1.165, 1.54) is 6.39 Å². The van der Waals surface area contributed by atoms with Crippen LogP contribution in [-0.4, -0.2) is 35.9 Å². The quantitative estimate of drug-likeness (QED) is 0.749. The molecule has 3 rings (SSSR count). The van der Waals surface area contributed by atoms with E-state index in [0.717, 1.165) is 16.8 Å². The number of anilines is 1. The minimum absolute atomic E-state index is 0.0384. The first-order valence-electron chi connectivity index (χ1n) is 8.13. The molecule has 1 aromatic heterocycles. The van der Waals surface area contributed by atoms with Gasteiger partial charge < -0.3 is 9.73 Å². The summed E-state index contributed by atoms with van der Waals surface area (Å²) in [5, 5.41) is 3.00. The maximum Gasteiger partial charge on any atom is 0.242 e. The minimum atomic E-state index is -0.253. The van der Waals surface area contributed by atoms with Crippen molar-refractivity contribution in [1.82, 2.24) is 9.88 Å². The summed E-state index contributed by atoms with van der Waals surface area (Å²) < 4.78 is 5.31. The average molecular weight is 335 g/mol. The van der Waals surface area contributed by atoms with Crippen LogP contribution in [0.4, 0.5) is 5.69 Å². The highest BCUT2D eigenvalue weighted by Gasteiger charge is 2.21. The van der Waals surface area contributed by atoms with Crippen molar-refractivity contribution in [3.63, 3.8) is 0 Å². The minimum Gasteiger partial charge on any atom is -0.444 e. The van der Waals surface area contributed by atoms with E-state index < -0.39 is 0 Å². The number of benzene rings is 2. The molecule has 2 aromatic carbocycles. The topological polar surface area (TPSA) is 58.4 Å². The van der Waals surface area contributed by atoms with Crippen LogP contribution in [0.15, 0.2) is 71.6 Å². The van der Waals surface area contributed by atoms with Gasteiger partial charge in [-0.15, -0.1) is 0 Å². The standard InChI is InChI=1S/C20H21N3O2/c1-23(2)18(11-15-7-4-3-5-8-15)20(24)22-17-10-6-9-16(12-17)19-13-21-14-25-19/h3-10,12-14,18H,11H2,1-2H3,(H,22,24)/t18-/m1/s1. The van der Waals surface area contributed by atoms with Crippen LogP contribution in [-0.2, 0) is 11.2 Å². The van der Waals surface area contributed by atoms with Crippen LogP contribution < -0.4 is 5.32 Å². The maximum atomic E-state index is 12.8. The number of likely N-dealkylation sites (N-methyl/N-ethyl adjacent to an activating group) is 1. The van der Waals surface area contributed by atoms with Gasteiger partial charge in [-0.25, -0.2) is 4.98 Å². The Balaban J connectivity index is 1.74. The Hall–Kier alpha value is -2.92. The van der Waals surface area contributed by atoms with E-state index in [1.54, 1.807) is 6.20 Å². The molecule has 5 nitrogen and oxygen atoms in total. The van der Waals surface area contributed by atoms with E-state index in [-0.39, 0.29) is 11.9 Å². The molecule has 5 heteroatoms. The van der Waals surface area contributed by atoms with Crippen molar-refractivity contribution >= 4 is 11.6 Å². The van der Waals surface area contributed by atoms with Crippen LogP contribution in [0, 0.1) is 0 Å². The summed E-state index contributed by atoms with van der Waals surface area (Å²) in [7, 11) is 3.83. The SMILES string of the molecule is CN(C)[C@H](Cc1ccccc1)C(=O)Nc1cccc(-c2cnco2)c1. The number of nitrogens with one attached hydrogen (secondary N) is 1. The zero-order valence-electron chi connectivity index (χ0n) is 14.3. The second kappa shape index (κ2) is 7.77. The second-order valence-corrected chi connectivity index (χ2v) is 6.10. The van der Waals surface area contributed by atoms with Gasteiger partial charge in [-0.1, -0.05) is 42.5 Å². The third-order valence-corrected chi connectivity index (χ3v) is 4.04. The van der Waals surface area contributed by atoms with Gasteiger partial charge in [0.1, 0.15) is 0 Å². The Bertz CT molecular complexity index is 814. The van der Waals surface area contributed by atoms with E-state index in [4.69, 9.17) is 4.42 Å². The van der Waals surface area contributed by atoms with Gasteiger partial charge in [0, 0.05) is 11.3 Å². The lowest BCUT2D eigenvalue weighted by Crippen LogP contribution is -2.41. The van der Waals surface area contributed by atoms with Gasteiger partial charge in [-0.2, -0.15) is 0 Å². The Morgan fingerprint density at radius 2 is 1.96 bits per heavy atom. The van der Waals surface area contributed by atoms with Crippen molar-refractivity contribution < 1.29 is 9.21 Å². The summed E-state index contributed by atoms with van der Waals surface area (Å²) in [5.41, 5.74) is 2.74. The number of amides is 1. The lowest BCUT2D eigenvalue weighted by atomic mass is 10.0. The van der Waals surface area contributed by atoms with Gasteiger partial charge in [-0.05, 0) is 38.2 Å². The smallest absolute Gasteiger partial charge is 0.242 e. The van der Waals surface area contributed by atoms with Gasteiger partial charge in [0.25, 0.3) is 0 Å². The van der Waals surface area contributed by atoms with Crippen molar-refractivity contribution in [1.29, 1.82) is 0 Å². The van der Waals surface area contributed by atoms with E-state index in [2.05, 4.69) is 10.3 Å². The molecule has 0 saturated carbocycles. The number of rotatable bonds is 6. The molecule has 1 atom stereocenters. The Morgan fingerprint density at radius 3 is 2.64 bits per heavy atom. The highest BCUT2D eigenvalue weighted by atomic mass is 16.3. The number of hydrogen-bond acceptors (Lipinski definition) is 4. The average Bonchev–Trinajstić information content (AvgIpc) is 3.15. The third-order valence-electron chi connectivity index (χ3n) is 4.04. The predicted molar refractivity (Wildman–Crippen MR) is 98.2 cm³/mol. The van der Waals surface area contributed by atoms with Gasteiger partial charge in [0.2, 0.25) is 5.91 Å². The van der Waals surface area contributed by atoms with E-state index in [0.29, 0.717) is 12.2 Å². The first-order valence-corrected chi connectivity index (χ1v) is 8.13. The number of oxazole rings is 1. The zero-order valence-corrected chi connectivity index (χ0v) is 14.3. The number of aromatic nitrogens is 1. The summed E-state index contributed by atoms with van der Waals surface area (Å²) in [6, 6.07) is 17.3. The largest absolute Gasteiger partial charge is 0.444 e. The molecule has 1 N–H and O–H groups in total. The number of nitrogens with zero attached hydrogens (tertiary/aromatic N) is 2. The molecule has 0 saturated heterocycles. The molecule has 0 radical (unpaired) electrons. The second-order valence-electron chi connectivity index (χ2n) is 6.10. The lowest BCUT2D eigenvalue weighted by molar-refractivity contribution is -0.120. The van der Waals surface area contributed by atoms with Crippen LogP contribution in [0.2, 0.25) is 0 Å². The fraction of sp³-hybridized carbons (Fsp3) is 0.200. The van der Waals surface area contributed by atoms with Gasteiger partial charge in [0.05, 0.1) is 12.2 Å². The first kappa shape index (κ1) is 16.9. The third kappa shape index (κ3) is 4.33. The van der Waals surface area contributed by atoms with Crippen molar-refractivity contribution in [2.24, 2.45) is 0 Å². The van der Waals surface area contributed by atoms with Crippen molar-refractivity contribution in [3.05, 3.63) is 72.8 Å². The summed E-state index contributed by atoms with van der Waals surface area (Å²) in [6.07, 6.45) is 3.70. The molecule has 25 heavy (non-hydrogen) atoms. The molecule has 0 fully saturated rings. The summed E-state index contributed by atoms with van der Waals surface area (Å²) >= 11 is 0. The molecular weight excluding hydrogens is 314 g/mol.